The number of amides is 2. The minimum Gasteiger partial charge on any atom is -0.449 e. The van der Waals surface area contributed by atoms with Crippen LogP contribution in [0.15, 0.2) is 24.3 Å². The third-order valence-electron chi connectivity index (χ3n) is 5.09. The van der Waals surface area contributed by atoms with Crippen molar-refractivity contribution in [3.63, 3.8) is 0 Å². The van der Waals surface area contributed by atoms with Crippen molar-refractivity contribution in [1.29, 1.82) is 0 Å². The first kappa shape index (κ1) is 22.0. The quantitative estimate of drug-likeness (QED) is 0.670. The summed E-state index contributed by atoms with van der Waals surface area (Å²) in [7, 11) is 1.57. The second kappa shape index (κ2) is 8.95. The average Bonchev–Trinajstić information content (AvgIpc) is 3.48. The van der Waals surface area contributed by atoms with E-state index < -0.39 is 18.0 Å². The summed E-state index contributed by atoms with van der Waals surface area (Å²) in [6, 6.07) is 5.98. The molecular weight excluding hydrogens is 407 g/mol. The van der Waals surface area contributed by atoms with Crippen LogP contribution in [0.4, 0.5) is 9.39 Å². The molecule has 1 saturated carbocycles. The highest BCUT2D eigenvalue weighted by molar-refractivity contribution is 7.16. The number of carbonyl (C=O) groups is 3. The number of benzene rings is 1. The first-order valence-corrected chi connectivity index (χ1v) is 10.6. The third-order valence-corrected chi connectivity index (χ3v) is 6.21. The Morgan fingerprint density at radius 2 is 2.00 bits per heavy atom. The lowest BCUT2D eigenvalue weighted by Crippen LogP contribution is -2.37. The van der Waals surface area contributed by atoms with Crippen LogP contribution in [0.5, 0.6) is 0 Å². The van der Waals surface area contributed by atoms with E-state index in [0.29, 0.717) is 16.1 Å². The van der Waals surface area contributed by atoms with Gasteiger partial charge in [0.15, 0.2) is 6.10 Å². The van der Waals surface area contributed by atoms with Gasteiger partial charge in [0.1, 0.15) is 10.8 Å². The highest BCUT2D eigenvalue weighted by Crippen LogP contribution is 2.36. The van der Waals surface area contributed by atoms with Crippen LogP contribution in [0, 0.1) is 25.6 Å². The number of thiophene rings is 1. The molecule has 0 bridgehead atoms. The zero-order valence-corrected chi connectivity index (χ0v) is 18.3. The van der Waals surface area contributed by atoms with E-state index in [2.05, 4.69) is 5.32 Å². The van der Waals surface area contributed by atoms with Crippen LogP contribution in [-0.4, -0.2) is 35.8 Å². The largest absolute Gasteiger partial charge is 0.449 e. The average molecular weight is 433 g/mol. The molecule has 1 heterocycles. The van der Waals surface area contributed by atoms with E-state index in [9.17, 15) is 18.8 Å². The van der Waals surface area contributed by atoms with E-state index in [0.717, 1.165) is 23.3 Å². The van der Waals surface area contributed by atoms with Gasteiger partial charge in [-0.15, -0.1) is 11.3 Å². The standard InChI is InChI=1S/C22H25FN2O4S/c1-12-14(3)30-20(24-19(26)16-8-9-16)18(12)22(28)29-13(2)21(27)25(4)11-15-6-5-7-17(23)10-15/h5-7,10,13,16H,8-9,11H2,1-4H3,(H,24,26). The van der Waals surface area contributed by atoms with Crippen LogP contribution in [0.1, 0.15) is 46.1 Å². The predicted octanol–water partition coefficient (Wildman–Crippen LogP) is 4.06. The molecule has 1 fully saturated rings. The monoisotopic (exact) mass is 432 g/mol. The van der Waals surface area contributed by atoms with Crippen molar-refractivity contribution < 1.29 is 23.5 Å². The topological polar surface area (TPSA) is 75.7 Å². The van der Waals surface area contributed by atoms with Crippen molar-refractivity contribution >= 4 is 34.1 Å². The summed E-state index contributed by atoms with van der Waals surface area (Å²) in [6.45, 7) is 5.35. The van der Waals surface area contributed by atoms with E-state index in [-0.39, 0.29) is 24.2 Å². The van der Waals surface area contributed by atoms with E-state index in [1.165, 1.54) is 35.3 Å². The van der Waals surface area contributed by atoms with E-state index >= 15 is 0 Å². The molecule has 3 rings (SSSR count). The van der Waals surface area contributed by atoms with Crippen LogP contribution in [-0.2, 0) is 20.9 Å². The van der Waals surface area contributed by atoms with Crippen molar-refractivity contribution in [1.82, 2.24) is 4.90 Å². The van der Waals surface area contributed by atoms with Gasteiger partial charge in [-0.2, -0.15) is 0 Å². The Morgan fingerprint density at radius 1 is 1.30 bits per heavy atom. The van der Waals surface area contributed by atoms with Gasteiger partial charge in [-0.3, -0.25) is 9.59 Å². The van der Waals surface area contributed by atoms with Gasteiger partial charge in [0, 0.05) is 24.4 Å². The minimum absolute atomic E-state index is 0.00792. The van der Waals surface area contributed by atoms with Crippen molar-refractivity contribution in [2.24, 2.45) is 5.92 Å². The fourth-order valence-corrected chi connectivity index (χ4v) is 4.14. The fraction of sp³-hybridized carbons (Fsp3) is 0.409. The molecule has 0 saturated heterocycles. The molecule has 1 aromatic heterocycles. The van der Waals surface area contributed by atoms with Crippen LogP contribution in [0.3, 0.4) is 0 Å². The predicted molar refractivity (Wildman–Crippen MR) is 113 cm³/mol. The number of hydrogen-bond acceptors (Lipinski definition) is 5. The summed E-state index contributed by atoms with van der Waals surface area (Å²) in [5.74, 6) is -1.52. The molecule has 1 N–H and O–H groups in total. The maximum absolute atomic E-state index is 13.4. The van der Waals surface area contributed by atoms with Gasteiger partial charge in [0.25, 0.3) is 5.91 Å². The molecule has 1 aromatic carbocycles. The molecule has 0 radical (unpaired) electrons. The third kappa shape index (κ3) is 5.05. The van der Waals surface area contributed by atoms with Gasteiger partial charge in [0.2, 0.25) is 5.91 Å². The molecule has 1 aliphatic rings. The summed E-state index contributed by atoms with van der Waals surface area (Å²) >= 11 is 1.32. The highest BCUT2D eigenvalue weighted by Gasteiger charge is 2.32. The molecular formula is C22H25FN2O4S. The lowest BCUT2D eigenvalue weighted by Gasteiger charge is -2.22. The Morgan fingerprint density at radius 3 is 2.63 bits per heavy atom. The van der Waals surface area contributed by atoms with Gasteiger partial charge in [-0.1, -0.05) is 12.1 Å². The SMILES string of the molecule is Cc1sc(NC(=O)C2CC2)c(C(=O)OC(C)C(=O)N(C)Cc2cccc(F)c2)c1C. The Hall–Kier alpha value is -2.74. The molecule has 8 heteroatoms. The Kier molecular flexibility index (Phi) is 6.55. The fourth-order valence-electron chi connectivity index (χ4n) is 3.09. The summed E-state index contributed by atoms with van der Waals surface area (Å²) in [4.78, 5) is 39.9. The lowest BCUT2D eigenvalue weighted by atomic mass is 10.1. The number of likely N-dealkylation sites (N-methyl/N-ethyl adjacent to an activating group) is 1. The number of aryl methyl sites for hydroxylation is 1. The second-order valence-corrected chi connectivity index (χ2v) is 8.85. The first-order chi connectivity index (χ1) is 14.2. The lowest BCUT2D eigenvalue weighted by molar-refractivity contribution is -0.139. The number of esters is 1. The molecule has 1 aliphatic carbocycles. The summed E-state index contributed by atoms with van der Waals surface area (Å²) in [6.07, 6.45) is 0.693. The molecule has 2 aromatic rings. The van der Waals surface area contributed by atoms with Crippen molar-refractivity contribution in [3.05, 3.63) is 51.7 Å². The number of halogens is 1. The summed E-state index contributed by atoms with van der Waals surface area (Å²) in [5.41, 5.74) is 1.65. The van der Waals surface area contributed by atoms with Gasteiger partial charge >= 0.3 is 5.97 Å². The van der Waals surface area contributed by atoms with Crippen molar-refractivity contribution in [2.75, 3.05) is 12.4 Å². The maximum atomic E-state index is 13.4. The van der Waals surface area contributed by atoms with E-state index in [1.54, 1.807) is 26.1 Å². The van der Waals surface area contributed by atoms with Crippen LogP contribution >= 0.6 is 11.3 Å². The molecule has 1 unspecified atom stereocenters. The van der Waals surface area contributed by atoms with Gasteiger partial charge in [-0.05, 0) is 56.9 Å². The maximum Gasteiger partial charge on any atom is 0.342 e. The molecule has 0 spiro atoms. The number of nitrogens with zero attached hydrogens (tertiary/aromatic N) is 1. The molecule has 0 aliphatic heterocycles. The van der Waals surface area contributed by atoms with Crippen molar-refractivity contribution in [2.45, 2.75) is 46.3 Å². The number of carbonyl (C=O) groups excluding carboxylic acids is 3. The minimum atomic E-state index is -1.03. The van der Waals surface area contributed by atoms with E-state index in [4.69, 9.17) is 4.74 Å². The van der Waals surface area contributed by atoms with Crippen LogP contribution in [0.2, 0.25) is 0 Å². The second-order valence-electron chi connectivity index (χ2n) is 7.62. The molecule has 2 amide bonds. The summed E-state index contributed by atoms with van der Waals surface area (Å²) < 4.78 is 18.8. The zero-order valence-electron chi connectivity index (χ0n) is 17.5. The molecule has 1 atom stereocenters. The first-order valence-electron chi connectivity index (χ1n) is 9.78. The Balaban J connectivity index is 1.67. The number of rotatable bonds is 7. The van der Waals surface area contributed by atoms with Gasteiger partial charge in [-0.25, -0.2) is 9.18 Å². The number of hydrogen-bond donors (Lipinski definition) is 1. The van der Waals surface area contributed by atoms with Gasteiger partial charge in [0.05, 0.1) is 5.56 Å². The van der Waals surface area contributed by atoms with Crippen LogP contribution in [0.25, 0.3) is 0 Å². The van der Waals surface area contributed by atoms with Crippen LogP contribution < -0.4 is 5.32 Å². The Bertz CT molecular complexity index is 984. The summed E-state index contributed by atoms with van der Waals surface area (Å²) in [5, 5.41) is 3.28. The molecule has 160 valence electrons. The zero-order chi connectivity index (χ0) is 22.0. The molecule has 30 heavy (non-hydrogen) atoms. The number of ether oxygens (including phenoxy) is 1. The van der Waals surface area contributed by atoms with Gasteiger partial charge < -0.3 is 15.0 Å². The normalized spacial score (nSPS) is 14.2. The number of nitrogens with one attached hydrogen (secondary N) is 1. The smallest absolute Gasteiger partial charge is 0.342 e. The van der Waals surface area contributed by atoms with E-state index in [1.807, 2.05) is 6.92 Å². The Labute approximate surface area is 179 Å². The highest BCUT2D eigenvalue weighted by atomic mass is 32.1. The number of anilines is 1. The van der Waals surface area contributed by atoms with Crippen molar-refractivity contribution in [3.8, 4) is 0 Å². The molecule has 6 nitrogen and oxygen atoms in total.